The summed E-state index contributed by atoms with van der Waals surface area (Å²) in [7, 11) is 1.96. The topological polar surface area (TPSA) is 38.5 Å². The van der Waals surface area contributed by atoms with Gasteiger partial charge in [-0.3, -0.25) is 4.57 Å². The number of benzene rings is 1. The number of aromatic amines is 1. The van der Waals surface area contributed by atoms with E-state index in [0.29, 0.717) is 0 Å². The highest BCUT2D eigenvalue weighted by Crippen LogP contribution is 2.24. The Hall–Kier alpha value is -1.88. The lowest BCUT2D eigenvalue weighted by Crippen LogP contribution is -2.02. The van der Waals surface area contributed by atoms with Gasteiger partial charge in [0.1, 0.15) is 5.52 Å². The van der Waals surface area contributed by atoms with Crippen LogP contribution in [0.4, 0.5) is 0 Å². The van der Waals surface area contributed by atoms with Crippen molar-refractivity contribution in [2.75, 3.05) is 0 Å². The predicted molar refractivity (Wildman–Crippen MR) is 84.1 cm³/mol. The first-order valence-electron chi connectivity index (χ1n) is 6.77. The minimum atomic E-state index is 0.717. The highest BCUT2D eigenvalue weighted by atomic mass is 32.1. The first-order valence-corrected chi connectivity index (χ1v) is 7.18. The maximum absolute atomic E-state index is 5.51. The molecule has 0 aliphatic heterocycles. The van der Waals surface area contributed by atoms with Gasteiger partial charge < -0.3 is 4.98 Å². The van der Waals surface area contributed by atoms with E-state index in [1.54, 1.807) is 0 Å². The van der Waals surface area contributed by atoms with Gasteiger partial charge in [-0.25, -0.2) is 4.68 Å². The van der Waals surface area contributed by atoms with Gasteiger partial charge in [0.2, 0.25) is 0 Å². The summed E-state index contributed by atoms with van der Waals surface area (Å²) in [6.45, 7) is 6.31. The summed E-state index contributed by atoms with van der Waals surface area (Å²) in [5.74, 6) is 0. The lowest BCUT2D eigenvalue weighted by atomic mass is 10.1. The first-order chi connectivity index (χ1) is 9.52. The number of aryl methyl sites for hydroxylation is 4. The van der Waals surface area contributed by atoms with E-state index >= 15 is 0 Å². The molecule has 0 fully saturated rings. The third kappa shape index (κ3) is 1.81. The van der Waals surface area contributed by atoms with Gasteiger partial charge in [0.05, 0.1) is 11.4 Å². The van der Waals surface area contributed by atoms with Crippen LogP contribution in [0, 0.1) is 18.6 Å². The second-order valence-corrected chi connectivity index (χ2v) is 5.56. The minimum absolute atomic E-state index is 0.717. The van der Waals surface area contributed by atoms with Crippen LogP contribution in [0.5, 0.6) is 0 Å². The molecular weight excluding hydrogens is 268 g/mol. The minimum Gasteiger partial charge on any atom is -0.327 e. The van der Waals surface area contributed by atoms with Crippen molar-refractivity contribution in [3.8, 4) is 5.69 Å². The number of fused-ring (bicyclic) bond motifs is 1. The molecule has 0 bridgehead atoms. The monoisotopic (exact) mass is 286 g/mol. The van der Waals surface area contributed by atoms with Crippen molar-refractivity contribution in [3.63, 3.8) is 0 Å². The molecule has 0 aliphatic rings. The van der Waals surface area contributed by atoms with Crippen LogP contribution in [0.25, 0.3) is 16.9 Å². The van der Waals surface area contributed by atoms with Gasteiger partial charge in [-0.15, -0.1) is 0 Å². The molecule has 1 aromatic carbocycles. The fraction of sp³-hybridized carbons (Fsp3) is 0.333. The van der Waals surface area contributed by atoms with E-state index < -0.39 is 0 Å². The molecule has 104 valence electrons. The highest BCUT2D eigenvalue weighted by Gasteiger charge is 2.16. The Morgan fingerprint density at radius 3 is 2.70 bits per heavy atom. The Morgan fingerprint density at radius 2 is 2.05 bits per heavy atom. The van der Waals surface area contributed by atoms with Gasteiger partial charge in [0.15, 0.2) is 10.4 Å². The summed E-state index contributed by atoms with van der Waals surface area (Å²) in [5, 5.41) is 4.56. The van der Waals surface area contributed by atoms with Gasteiger partial charge in [0, 0.05) is 7.05 Å². The van der Waals surface area contributed by atoms with E-state index in [2.05, 4.69) is 53.6 Å². The number of H-pyrrole nitrogens is 1. The summed E-state index contributed by atoms with van der Waals surface area (Å²) < 4.78 is 4.69. The second-order valence-electron chi connectivity index (χ2n) is 5.18. The zero-order valence-corrected chi connectivity index (χ0v) is 13.0. The molecule has 2 aromatic heterocycles. The maximum atomic E-state index is 5.51. The Bertz CT molecular complexity index is 851. The predicted octanol–water partition coefficient (Wildman–Crippen LogP) is 3.60. The smallest absolute Gasteiger partial charge is 0.184 e. The van der Waals surface area contributed by atoms with Gasteiger partial charge in [0.25, 0.3) is 0 Å². The Kier molecular flexibility index (Phi) is 3.01. The van der Waals surface area contributed by atoms with E-state index in [1.165, 1.54) is 11.1 Å². The number of hydrogen-bond donors (Lipinski definition) is 1. The largest absolute Gasteiger partial charge is 0.327 e. The molecule has 0 atom stereocenters. The van der Waals surface area contributed by atoms with Crippen molar-refractivity contribution < 1.29 is 0 Å². The van der Waals surface area contributed by atoms with Gasteiger partial charge in [-0.1, -0.05) is 24.6 Å². The summed E-state index contributed by atoms with van der Waals surface area (Å²) >= 11 is 5.51. The third-order valence-corrected chi connectivity index (χ3v) is 3.95. The average Bonchev–Trinajstić information content (AvgIpc) is 2.87. The fourth-order valence-electron chi connectivity index (χ4n) is 2.74. The lowest BCUT2D eigenvalue weighted by Gasteiger charge is -2.09. The van der Waals surface area contributed by atoms with Crippen molar-refractivity contribution in [2.45, 2.75) is 27.2 Å². The fourth-order valence-corrected chi connectivity index (χ4v) is 3.03. The summed E-state index contributed by atoms with van der Waals surface area (Å²) in [4.78, 5) is 3.30. The zero-order valence-electron chi connectivity index (χ0n) is 12.2. The van der Waals surface area contributed by atoms with Crippen LogP contribution < -0.4 is 0 Å². The average molecular weight is 286 g/mol. The molecule has 0 unspecified atom stereocenters. The van der Waals surface area contributed by atoms with Crippen molar-refractivity contribution in [1.29, 1.82) is 0 Å². The number of aromatic nitrogens is 4. The van der Waals surface area contributed by atoms with Crippen LogP contribution in [0.2, 0.25) is 0 Å². The second kappa shape index (κ2) is 4.59. The number of nitrogens with zero attached hydrogens (tertiary/aromatic N) is 3. The molecule has 0 saturated carbocycles. The zero-order chi connectivity index (χ0) is 14.4. The number of rotatable bonds is 2. The normalized spacial score (nSPS) is 11.4. The summed E-state index contributed by atoms with van der Waals surface area (Å²) in [5.41, 5.74) is 6.69. The van der Waals surface area contributed by atoms with E-state index in [4.69, 9.17) is 12.2 Å². The highest BCUT2D eigenvalue weighted by molar-refractivity contribution is 7.71. The molecule has 0 aliphatic carbocycles. The van der Waals surface area contributed by atoms with Crippen LogP contribution in [-0.4, -0.2) is 19.3 Å². The van der Waals surface area contributed by atoms with Crippen LogP contribution in [0.3, 0.4) is 0 Å². The van der Waals surface area contributed by atoms with Gasteiger partial charge in [-0.05, 0) is 44.1 Å². The van der Waals surface area contributed by atoms with Crippen molar-refractivity contribution in [1.82, 2.24) is 19.3 Å². The van der Waals surface area contributed by atoms with Gasteiger partial charge in [-0.2, -0.15) is 5.10 Å². The Balaban J connectivity index is 2.39. The van der Waals surface area contributed by atoms with Crippen LogP contribution in [0.15, 0.2) is 18.2 Å². The maximum Gasteiger partial charge on any atom is 0.184 e. The van der Waals surface area contributed by atoms with Crippen LogP contribution in [0.1, 0.15) is 23.7 Å². The number of nitrogens with one attached hydrogen (secondary N) is 1. The molecule has 1 N–H and O–H groups in total. The van der Waals surface area contributed by atoms with Crippen molar-refractivity contribution in [2.24, 2.45) is 7.05 Å². The van der Waals surface area contributed by atoms with E-state index in [0.717, 1.165) is 33.7 Å². The van der Waals surface area contributed by atoms with E-state index in [-0.39, 0.29) is 0 Å². The molecule has 4 nitrogen and oxygen atoms in total. The summed E-state index contributed by atoms with van der Waals surface area (Å²) in [6, 6.07) is 6.40. The first kappa shape index (κ1) is 13.1. The molecular formula is C15H18N4S. The Labute approximate surface area is 123 Å². The third-order valence-electron chi connectivity index (χ3n) is 3.66. The molecule has 0 saturated heterocycles. The molecule has 2 heterocycles. The standard InChI is InChI=1S/C15H18N4S/c1-5-11-13-14(18(4)17-11)19(15(20)16-13)12-7-6-9(2)8-10(12)3/h6-8H,5H2,1-4H3,(H,16,20). The van der Waals surface area contributed by atoms with Crippen LogP contribution in [-0.2, 0) is 13.5 Å². The molecule has 0 spiro atoms. The molecule has 3 aromatic rings. The molecule has 0 amide bonds. The summed E-state index contributed by atoms with van der Waals surface area (Å²) in [6.07, 6.45) is 0.888. The van der Waals surface area contributed by atoms with E-state index in [9.17, 15) is 0 Å². The van der Waals surface area contributed by atoms with Gasteiger partial charge >= 0.3 is 0 Å². The quantitative estimate of drug-likeness (QED) is 0.731. The number of hydrogen-bond acceptors (Lipinski definition) is 2. The number of imidazole rings is 1. The van der Waals surface area contributed by atoms with Crippen molar-refractivity contribution >= 4 is 23.4 Å². The van der Waals surface area contributed by atoms with Crippen molar-refractivity contribution in [3.05, 3.63) is 39.8 Å². The Morgan fingerprint density at radius 1 is 1.30 bits per heavy atom. The molecule has 3 rings (SSSR count). The molecule has 20 heavy (non-hydrogen) atoms. The lowest BCUT2D eigenvalue weighted by molar-refractivity contribution is 0.748. The SMILES string of the molecule is CCc1nn(C)c2c1[nH]c(=S)n2-c1ccc(C)cc1C. The molecule has 5 heteroatoms. The molecule has 0 radical (unpaired) electrons. The van der Waals surface area contributed by atoms with E-state index in [1.807, 2.05) is 11.7 Å². The van der Waals surface area contributed by atoms with Crippen LogP contribution >= 0.6 is 12.2 Å².